The van der Waals surface area contributed by atoms with Crippen molar-refractivity contribution in [1.82, 2.24) is 9.97 Å². The zero-order chi connectivity index (χ0) is 25.1. The molecule has 0 fully saturated rings. The third-order valence-electron chi connectivity index (χ3n) is 7.80. The standard InChI is InChI=1S/C36H22N2/c1-3-28-4-2-20-38-36(28)33(5-1)30-15-11-27-12-16-31-29(14-10-26-13-17-32(30)35(27)34(26)31)25-8-6-23(7-9-25)24-18-21-37-22-19-24/h1-22H. The van der Waals surface area contributed by atoms with Gasteiger partial charge in [0.2, 0.25) is 0 Å². The second kappa shape index (κ2) is 8.22. The quantitative estimate of drug-likeness (QED) is 0.234. The Bertz CT molecular complexity index is 2100. The van der Waals surface area contributed by atoms with Crippen molar-refractivity contribution in [3.8, 4) is 33.4 Å². The van der Waals surface area contributed by atoms with Crippen LogP contribution in [0.1, 0.15) is 0 Å². The normalized spacial score (nSPS) is 11.7. The van der Waals surface area contributed by atoms with Crippen molar-refractivity contribution in [2.45, 2.75) is 0 Å². The number of aromatic nitrogens is 2. The number of hydrogen-bond acceptors (Lipinski definition) is 2. The molecule has 38 heavy (non-hydrogen) atoms. The van der Waals surface area contributed by atoms with Gasteiger partial charge in [0.1, 0.15) is 0 Å². The predicted molar refractivity (Wildman–Crippen MR) is 160 cm³/mol. The van der Waals surface area contributed by atoms with Gasteiger partial charge in [-0.05, 0) is 78.3 Å². The van der Waals surface area contributed by atoms with Gasteiger partial charge in [-0.3, -0.25) is 9.97 Å². The first kappa shape index (κ1) is 21.0. The summed E-state index contributed by atoms with van der Waals surface area (Å²) in [5.74, 6) is 0. The fourth-order valence-corrected chi connectivity index (χ4v) is 6.00. The Balaban J connectivity index is 1.36. The van der Waals surface area contributed by atoms with Crippen molar-refractivity contribution >= 4 is 43.2 Å². The van der Waals surface area contributed by atoms with E-state index in [0.29, 0.717) is 0 Å². The molecule has 0 aliphatic carbocycles. The summed E-state index contributed by atoms with van der Waals surface area (Å²) in [6.45, 7) is 0. The highest BCUT2D eigenvalue weighted by Gasteiger charge is 2.16. The smallest absolute Gasteiger partial charge is 0.0780 e. The highest BCUT2D eigenvalue weighted by molar-refractivity contribution is 6.28. The van der Waals surface area contributed by atoms with E-state index in [1.807, 2.05) is 36.8 Å². The summed E-state index contributed by atoms with van der Waals surface area (Å²) < 4.78 is 0. The predicted octanol–water partition coefficient (Wildman–Crippen LogP) is 9.53. The van der Waals surface area contributed by atoms with Crippen LogP contribution in [0.15, 0.2) is 134 Å². The highest BCUT2D eigenvalue weighted by Crippen LogP contribution is 2.43. The molecule has 2 nitrogen and oxygen atoms in total. The third kappa shape index (κ3) is 3.14. The van der Waals surface area contributed by atoms with Crippen LogP contribution in [0.3, 0.4) is 0 Å². The van der Waals surface area contributed by atoms with Gasteiger partial charge < -0.3 is 0 Å². The van der Waals surface area contributed by atoms with E-state index in [2.05, 4.69) is 102 Å². The zero-order valence-corrected chi connectivity index (χ0v) is 20.6. The van der Waals surface area contributed by atoms with Crippen LogP contribution in [0.2, 0.25) is 0 Å². The van der Waals surface area contributed by atoms with Gasteiger partial charge in [-0.1, -0.05) is 97.1 Å². The summed E-state index contributed by atoms with van der Waals surface area (Å²) >= 11 is 0. The lowest BCUT2D eigenvalue weighted by atomic mass is 9.87. The van der Waals surface area contributed by atoms with Crippen molar-refractivity contribution in [3.63, 3.8) is 0 Å². The molecule has 2 heteroatoms. The second-order valence-corrected chi connectivity index (χ2v) is 9.84. The van der Waals surface area contributed by atoms with Gasteiger partial charge in [0, 0.05) is 29.5 Å². The van der Waals surface area contributed by atoms with Crippen LogP contribution in [-0.2, 0) is 0 Å². The first-order valence-electron chi connectivity index (χ1n) is 12.9. The van der Waals surface area contributed by atoms with Crippen molar-refractivity contribution in [2.75, 3.05) is 0 Å². The zero-order valence-electron chi connectivity index (χ0n) is 20.6. The lowest BCUT2D eigenvalue weighted by molar-refractivity contribution is 1.33. The molecule has 0 saturated heterocycles. The molecule has 0 unspecified atom stereocenters. The maximum atomic E-state index is 4.75. The number of nitrogens with zero attached hydrogens (tertiary/aromatic N) is 2. The SMILES string of the molecule is c1cnc2c(-c3ccc4ccc5c(-c6ccc(-c7ccncc7)cc6)ccc6ccc3c4c65)cccc2c1. The number of pyridine rings is 2. The summed E-state index contributed by atoms with van der Waals surface area (Å²) in [5, 5.41) is 8.89. The molecule has 0 spiro atoms. The molecule has 0 aliphatic heterocycles. The fourth-order valence-electron chi connectivity index (χ4n) is 6.00. The molecule has 2 aromatic heterocycles. The van der Waals surface area contributed by atoms with Crippen LogP contribution in [0.4, 0.5) is 0 Å². The minimum Gasteiger partial charge on any atom is -0.265 e. The van der Waals surface area contributed by atoms with Gasteiger partial charge in [-0.2, -0.15) is 0 Å². The van der Waals surface area contributed by atoms with Crippen LogP contribution in [0, 0.1) is 0 Å². The minimum absolute atomic E-state index is 1.04. The first-order chi connectivity index (χ1) is 18.8. The molecule has 0 bridgehead atoms. The molecule has 0 radical (unpaired) electrons. The first-order valence-corrected chi connectivity index (χ1v) is 12.9. The second-order valence-electron chi connectivity index (χ2n) is 9.84. The van der Waals surface area contributed by atoms with Crippen LogP contribution in [0.5, 0.6) is 0 Å². The number of para-hydroxylation sites is 1. The van der Waals surface area contributed by atoms with Gasteiger partial charge in [0.05, 0.1) is 5.52 Å². The monoisotopic (exact) mass is 482 g/mol. The molecule has 8 rings (SSSR count). The van der Waals surface area contributed by atoms with E-state index in [4.69, 9.17) is 4.98 Å². The molecule has 0 aliphatic rings. The third-order valence-corrected chi connectivity index (χ3v) is 7.80. The summed E-state index contributed by atoms with van der Waals surface area (Å²) in [6, 6.07) is 41.7. The molecular formula is C36H22N2. The van der Waals surface area contributed by atoms with Crippen LogP contribution in [0.25, 0.3) is 76.6 Å². The Hall–Kier alpha value is -5.08. The number of fused-ring (bicyclic) bond motifs is 1. The molecule has 176 valence electrons. The molecule has 2 heterocycles. The highest BCUT2D eigenvalue weighted by atomic mass is 14.6. The summed E-state index contributed by atoms with van der Waals surface area (Å²) in [6.07, 6.45) is 5.56. The lowest BCUT2D eigenvalue weighted by Gasteiger charge is -2.17. The van der Waals surface area contributed by atoms with E-state index < -0.39 is 0 Å². The largest absolute Gasteiger partial charge is 0.265 e. The summed E-state index contributed by atoms with van der Waals surface area (Å²) in [4.78, 5) is 8.89. The molecule has 0 amide bonds. The lowest BCUT2D eigenvalue weighted by Crippen LogP contribution is -1.90. The number of benzene rings is 6. The van der Waals surface area contributed by atoms with Gasteiger partial charge in [-0.15, -0.1) is 0 Å². The minimum atomic E-state index is 1.04. The molecule has 6 aromatic carbocycles. The molecule has 0 atom stereocenters. The van der Waals surface area contributed by atoms with E-state index in [-0.39, 0.29) is 0 Å². The van der Waals surface area contributed by atoms with E-state index >= 15 is 0 Å². The number of rotatable bonds is 3. The fraction of sp³-hybridized carbons (Fsp3) is 0. The topological polar surface area (TPSA) is 25.8 Å². The van der Waals surface area contributed by atoms with E-state index in [1.165, 1.54) is 65.7 Å². The van der Waals surface area contributed by atoms with Crippen molar-refractivity contribution in [2.24, 2.45) is 0 Å². The molecule has 0 N–H and O–H groups in total. The molecule has 8 aromatic rings. The van der Waals surface area contributed by atoms with E-state index in [0.717, 1.165) is 10.9 Å². The average Bonchev–Trinajstić information content (AvgIpc) is 3.00. The van der Waals surface area contributed by atoms with Gasteiger partial charge in [0.15, 0.2) is 0 Å². The van der Waals surface area contributed by atoms with Crippen LogP contribution < -0.4 is 0 Å². The number of hydrogen-bond donors (Lipinski definition) is 0. The van der Waals surface area contributed by atoms with E-state index in [1.54, 1.807) is 0 Å². The van der Waals surface area contributed by atoms with Crippen molar-refractivity contribution in [3.05, 3.63) is 134 Å². The Kier molecular flexibility index (Phi) is 4.55. The average molecular weight is 483 g/mol. The Morgan fingerprint density at radius 3 is 1.74 bits per heavy atom. The van der Waals surface area contributed by atoms with Crippen LogP contribution >= 0.6 is 0 Å². The molecule has 0 saturated carbocycles. The maximum absolute atomic E-state index is 4.75. The van der Waals surface area contributed by atoms with E-state index in [9.17, 15) is 0 Å². The van der Waals surface area contributed by atoms with Crippen molar-refractivity contribution in [1.29, 1.82) is 0 Å². The van der Waals surface area contributed by atoms with Gasteiger partial charge >= 0.3 is 0 Å². The van der Waals surface area contributed by atoms with Crippen molar-refractivity contribution < 1.29 is 0 Å². The Labute approximate surface area is 220 Å². The maximum Gasteiger partial charge on any atom is 0.0780 e. The van der Waals surface area contributed by atoms with Gasteiger partial charge in [-0.25, -0.2) is 0 Å². The summed E-state index contributed by atoms with van der Waals surface area (Å²) in [7, 11) is 0. The Morgan fingerprint density at radius 2 is 0.974 bits per heavy atom. The summed E-state index contributed by atoms with van der Waals surface area (Å²) in [5.41, 5.74) is 8.29. The molecular weight excluding hydrogens is 460 g/mol. The Morgan fingerprint density at radius 1 is 0.368 bits per heavy atom. The van der Waals surface area contributed by atoms with Crippen LogP contribution in [-0.4, -0.2) is 9.97 Å². The van der Waals surface area contributed by atoms with Gasteiger partial charge in [0.25, 0.3) is 0 Å².